The van der Waals surface area contributed by atoms with Crippen LogP contribution < -0.4 is 0 Å². The minimum absolute atomic E-state index is 0.114. The van der Waals surface area contributed by atoms with Crippen molar-refractivity contribution in [2.45, 2.75) is 0 Å². The summed E-state index contributed by atoms with van der Waals surface area (Å²) in [5.41, 5.74) is 3.01. The molecule has 0 saturated carbocycles. The number of rotatable bonds is 1. The lowest BCUT2D eigenvalue weighted by Gasteiger charge is -2.13. The molecule has 0 saturated heterocycles. The largest absolute Gasteiger partial charge is 0.354 e. The molecule has 1 aliphatic rings. The summed E-state index contributed by atoms with van der Waals surface area (Å²) in [4.78, 5) is 28.0. The zero-order valence-corrected chi connectivity index (χ0v) is 11.1. The van der Waals surface area contributed by atoms with Gasteiger partial charge < -0.3 is 4.98 Å². The van der Waals surface area contributed by atoms with Crippen molar-refractivity contribution in [2.24, 2.45) is 0 Å². The molecule has 4 rings (SSSR count). The molecule has 2 aromatic carbocycles. The van der Waals surface area contributed by atoms with Gasteiger partial charge in [-0.15, -0.1) is 0 Å². The molecular weight excluding hydrogens is 262 g/mol. The van der Waals surface area contributed by atoms with Crippen LogP contribution in [0.5, 0.6) is 0 Å². The smallest absolute Gasteiger partial charge is 0.195 e. The molecule has 0 atom stereocenters. The van der Waals surface area contributed by atoms with Crippen molar-refractivity contribution in [3.63, 3.8) is 0 Å². The van der Waals surface area contributed by atoms with Crippen molar-refractivity contribution in [1.82, 2.24) is 4.98 Å². The standard InChI is InChI=1S/C18H11NO2/c20-17-10-14(18(21)13-7-3-2-6-12(13)17)16-9-11-5-1-4-8-15(11)19-16/h1-10,19H. The van der Waals surface area contributed by atoms with E-state index in [9.17, 15) is 9.59 Å². The van der Waals surface area contributed by atoms with Gasteiger partial charge in [0.05, 0.1) is 5.69 Å². The molecule has 1 N–H and O–H groups in total. The first-order chi connectivity index (χ1) is 10.2. The summed E-state index contributed by atoms with van der Waals surface area (Å²) in [5, 5.41) is 1.02. The third-order valence-corrected chi connectivity index (χ3v) is 3.78. The van der Waals surface area contributed by atoms with Crippen LogP contribution in [0.4, 0.5) is 0 Å². The summed E-state index contributed by atoms with van der Waals surface area (Å²) in [7, 11) is 0. The summed E-state index contributed by atoms with van der Waals surface area (Å²) in [5.74, 6) is -0.240. The van der Waals surface area contributed by atoms with Gasteiger partial charge in [-0.25, -0.2) is 0 Å². The third kappa shape index (κ3) is 1.75. The SMILES string of the molecule is O=C1C=C(c2cc3ccccc3[nH]2)C(=O)c2ccccc21. The highest BCUT2D eigenvalue weighted by Gasteiger charge is 2.26. The molecule has 3 heteroatoms. The average molecular weight is 273 g/mol. The molecule has 0 fully saturated rings. The van der Waals surface area contributed by atoms with Crippen molar-refractivity contribution in [1.29, 1.82) is 0 Å². The first-order valence-corrected chi connectivity index (χ1v) is 6.72. The van der Waals surface area contributed by atoms with Gasteiger partial charge in [0.2, 0.25) is 0 Å². The lowest BCUT2D eigenvalue weighted by Crippen LogP contribution is -2.16. The average Bonchev–Trinajstić information content (AvgIpc) is 2.94. The second kappa shape index (κ2) is 4.28. The molecule has 0 bridgehead atoms. The molecule has 0 unspecified atom stereocenters. The summed E-state index contributed by atoms with van der Waals surface area (Å²) < 4.78 is 0. The van der Waals surface area contributed by atoms with Crippen LogP contribution in [0.3, 0.4) is 0 Å². The fraction of sp³-hybridized carbons (Fsp3) is 0. The highest BCUT2D eigenvalue weighted by atomic mass is 16.1. The van der Waals surface area contributed by atoms with Gasteiger partial charge in [-0.05, 0) is 18.2 Å². The molecule has 100 valence electrons. The Morgan fingerprint density at radius 2 is 1.52 bits per heavy atom. The Kier molecular flexibility index (Phi) is 2.42. The maximum Gasteiger partial charge on any atom is 0.195 e. The van der Waals surface area contributed by atoms with Crippen molar-refractivity contribution < 1.29 is 9.59 Å². The summed E-state index contributed by atoms with van der Waals surface area (Å²) in [6.45, 7) is 0. The highest BCUT2D eigenvalue weighted by molar-refractivity contribution is 6.38. The minimum atomic E-state index is -0.126. The van der Waals surface area contributed by atoms with Crippen LogP contribution >= 0.6 is 0 Å². The Hall–Kier alpha value is -2.94. The van der Waals surface area contributed by atoms with Crippen molar-refractivity contribution >= 4 is 28.0 Å². The Balaban J connectivity index is 1.90. The topological polar surface area (TPSA) is 49.9 Å². The number of nitrogens with one attached hydrogen (secondary N) is 1. The van der Waals surface area contributed by atoms with Crippen LogP contribution in [-0.2, 0) is 0 Å². The van der Waals surface area contributed by atoms with E-state index in [1.54, 1.807) is 24.3 Å². The number of benzene rings is 2. The second-order valence-corrected chi connectivity index (χ2v) is 5.07. The number of H-pyrrole nitrogens is 1. The Morgan fingerprint density at radius 1 is 0.810 bits per heavy atom. The molecule has 3 nitrogen and oxygen atoms in total. The summed E-state index contributed by atoms with van der Waals surface area (Å²) >= 11 is 0. The zero-order chi connectivity index (χ0) is 14.4. The van der Waals surface area contributed by atoms with E-state index >= 15 is 0 Å². The highest BCUT2D eigenvalue weighted by Crippen LogP contribution is 2.29. The summed E-state index contributed by atoms with van der Waals surface area (Å²) in [6, 6.07) is 16.6. The lowest BCUT2D eigenvalue weighted by molar-refractivity contribution is 0.100. The molecule has 0 amide bonds. The first-order valence-electron chi connectivity index (χ1n) is 6.72. The Morgan fingerprint density at radius 3 is 2.33 bits per heavy atom. The molecule has 0 aliphatic heterocycles. The normalized spacial score (nSPS) is 14.2. The molecule has 0 spiro atoms. The first kappa shape index (κ1) is 11.9. The Bertz CT molecular complexity index is 898. The van der Waals surface area contributed by atoms with E-state index in [2.05, 4.69) is 4.98 Å². The van der Waals surface area contributed by atoms with E-state index in [0.717, 1.165) is 10.9 Å². The lowest BCUT2D eigenvalue weighted by atomic mass is 9.88. The number of hydrogen-bond acceptors (Lipinski definition) is 2. The number of Topliss-reactive ketones (excluding diaryl/α,β-unsaturated/α-hetero) is 1. The molecule has 1 aromatic heterocycles. The van der Waals surface area contributed by atoms with Crippen molar-refractivity contribution in [3.8, 4) is 0 Å². The van der Waals surface area contributed by atoms with Crippen molar-refractivity contribution in [2.75, 3.05) is 0 Å². The van der Waals surface area contributed by atoms with E-state index in [0.29, 0.717) is 22.4 Å². The second-order valence-electron chi connectivity index (χ2n) is 5.07. The van der Waals surface area contributed by atoms with E-state index in [1.165, 1.54) is 6.08 Å². The van der Waals surface area contributed by atoms with Crippen molar-refractivity contribution in [3.05, 3.63) is 77.5 Å². The number of carbonyl (C=O) groups is 2. The number of carbonyl (C=O) groups excluding carboxylic acids is 2. The number of aromatic amines is 1. The van der Waals surface area contributed by atoms with Crippen LogP contribution in [-0.4, -0.2) is 16.6 Å². The van der Waals surface area contributed by atoms with Gasteiger partial charge in [-0.1, -0.05) is 42.5 Å². The predicted molar refractivity (Wildman–Crippen MR) is 81.4 cm³/mol. The molecular formula is C18H11NO2. The van der Waals surface area contributed by atoms with Gasteiger partial charge in [-0.3, -0.25) is 9.59 Å². The Labute approximate surface area is 120 Å². The van der Waals surface area contributed by atoms with Crippen LogP contribution in [0.1, 0.15) is 26.4 Å². The number of fused-ring (bicyclic) bond motifs is 2. The predicted octanol–water partition coefficient (Wildman–Crippen LogP) is 3.63. The molecule has 1 heterocycles. The van der Waals surface area contributed by atoms with E-state index < -0.39 is 0 Å². The number of ketones is 2. The quantitative estimate of drug-likeness (QED) is 0.736. The number of para-hydroxylation sites is 1. The summed E-state index contributed by atoms with van der Waals surface area (Å²) in [6.07, 6.45) is 1.43. The van der Waals surface area contributed by atoms with E-state index in [1.807, 2.05) is 30.3 Å². The fourth-order valence-corrected chi connectivity index (χ4v) is 2.73. The maximum absolute atomic E-state index is 12.6. The van der Waals surface area contributed by atoms with Gasteiger partial charge in [-0.2, -0.15) is 0 Å². The van der Waals surface area contributed by atoms with Gasteiger partial charge in [0.15, 0.2) is 11.6 Å². The number of allylic oxidation sites excluding steroid dienone is 2. The molecule has 0 radical (unpaired) electrons. The zero-order valence-electron chi connectivity index (χ0n) is 11.1. The monoisotopic (exact) mass is 273 g/mol. The molecule has 3 aromatic rings. The fourth-order valence-electron chi connectivity index (χ4n) is 2.73. The third-order valence-electron chi connectivity index (χ3n) is 3.78. The van der Waals surface area contributed by atoms with Crippen LogP contribution in [0, 0.1) is 0 Å². The van der Waals surface area contributed by atoms with Gasteiger partial charge in [0.1, 0.15) is 0 Å². The molecule has 21 heavy (non-hydrogen) atoms. The van der Waals surface area contributed by atoms with Crippen LogP contribution in [0.2, 0.25) is 0 Å². The van der Waals surface area contributed by atoms with E-state index in [-0.39, 0.29) is 11.6 Å². The van der Waals surface area contributed by atoms with E-state index in [4.69, 9.17) is 0 Å². The molecule has 1 aliphatic carbocycles. The maximum atomic E-state index is 12.6. The van der Waals surface area contributed by atoms with Crippen LogP contribution in [0.25, 0.3) is 16.5 Å². The van der Waals surface area contributed by atoms with Gasteiger partial charge >= 0.3 is 0 Å². The van der Waals surface area contributed by atoms with Gasteiger partial charge in [0.25, 0.3) is 0 Å². The number of hydrogen-bond donors (Lipinski definition) is 1. The minimum Gasteiger partial charge on any atom is -0.354 e. The number of aromatic nitrogens is 1. The van der Waals surface area contributed by atoms with Crippen LogP contribution in [0.15, 0.2) is 60.7 Å². The van der Waals surface area contributed by atoms with Gasteiger partial charge in [0, 0.05) is 27.6 Å².